The molecule has 2 N–H and O–H groups in total. The van der Waals surface area contributed by atoms with E-state index in [1.807, 2.05) is 6.92 Å². The average molecular weight is 176 g/mol. The first-order valence-corrected chi connectivity index (χ1v) is 3.99. The normalized spacial score (nSPS) is 10.6. The molecule has 2 nitrogen and oxygen atoms in total. The van der Waals surface area contributed by atoms with Crippen LogP contribution in [-0.2, 0) is 0 Å². The summed E-state index contributed by atoms with van der Waals surface area (Å²) in [5, 5.41) is 0.778. The van der Waals surface area contributed by atoms with Crippen LogP contribution in [0.2, 0.25) is 0 Å². The highest BCUT2D eigenvalue weighted by Crippen LogP contribution is 2.22. The topological polar surface area (TPSA) is 38.9 Å². The molecule has 0 unspecified atom stereocenters. The Bertz CT molecular complexity index is 460. The van der Waals surface area contributed by atoms with Gasteiger partial charge in [-0.05, 0) is 30.7 Å². The fraction of sp³-hybridized carbons (Fsp3) is 0.100. The number of pyridine rings is 1. The molecule has 2 aromatic rings. The molecule has 1 aromatic carbocycles. The number of aromatic nitrogens is 1. The maximum Gasteiger partial charge on any atom is 0.142 e. The number of benzene rings is 1. The number of nitrogen functional groups attached to an aromatic ring is 1. The third kappa shape index (κ3) is 1.22. The summed E-state index contributed by atoms with van der Waals surface area (Å²) < 4.78 is 12.8. The van der Waals surface area contributed by atoms with Gasteiger partial charge in [0.15, 0.2) is 0 Å². The third-order valence-corrected chi connectivity index (χ3v) is 2.14. The van der Waals surface area contributed by atoms with Gasteiger partial charge in [0, 0.05) is 11.1 Å². The van der Waals surface area contributed by atoms with Gasteiger partial charge in [-0.25, -0.2) is 4.39 Å². The summed E-state index contributed by atoms with van der Waals surface area (Å²) in [5.74, 6) is -0.332. The van der Waals surface area contributed by atoms with Crippen LogP contribution in [0.5, 0.6) is 0 Å². The third-order valence-electron chi connectivity index (χ3n) is 2.14. The van der Waals surface area contributed by atoms with Crippen molar-refractivity contribution >= 4 is 16.6 Å². The number of fused-ring (bicyclic) bond motifs is 1. The molecular weight excluding hydrogens is 167 g/mol. The van der Waals surface area contributed by atoms with E-state index < -0.39 is 0 Å². The number of aryl methyl sites for hydroxylation is 1. The van der Waals surface area contributed by atoms with E-state index in [1.54, 1.807) is 12.1 Å². The summed E-state index contributed by atoms with van der Waals surface area (Å²) in [5.41, 5.74) is 8.00. The summed E-state index contributed by atoms with van der Waals surface area (Å²) in [4.78, 5) is 3.95. The van der Waals surface area contributed by atoms with Crippen LogP contribution in [0.3, 0.4) is 0 Å². The zero-order chi connectivity index (χ0) is 9.42. The van der Waals surface area contributed by atoms with E-state index in [4.69, 9.17) is 5.73 Å². The van der Waals surface area contributed by atoms with E-state index in [-0.39, 0.29) is 5.82 Å². The van der Waals surface area contributed by atoms with Crippen molar-refractivity contribution in [1.82, 2.24) is 4.98 Å². The fourth-order valence-corrected chi connectivity index (χ4v) is 1.33. The van der Waals surface area contributed by atoms with Gasteiger partial charge in [-0.3, -0.25) is 4.98 Å². The van der Waals surface area contributed by atoms with Crippen molar-refractivity contribution in [3.05, 3.63) is 35.8 Å². The van der Waals surface area contributed by atoms with E-state index in [1.165, 1.54) is 12.3 Å². The lowest BCUT2D eigenvalue weighted by atomic mass is 10.1. The number of nitrogens with zero attached hydrogens (tertiary/aromatic N) is 1. The van der Waals surface area contributed by atoms with E-state index in [0.717, 1.165) is 16.5 Å². The van der Waals surface area contributed by atoms with Crippen molar-refractivity contribution < 1.29 is 4.39 Å². The number of nitrogens with two attached hydrogens (primary N) is 1. The van der Waals surface area contributed by atoms with Gasteiger partial charge < -0.3 is 5.73 Å². The Morgan fingerprint density at radius 2 is 2.15 bits per heavy atom. The van der Waals surface area contributed by atoms with E-state index in [2.05, 4.69) is 4.98 Å². The summed E-state index contributed by atoms with van der Waals surface area (Å²) >= 11 is 0. The molecule has 66 valence electrons. The molecule has 1 aromatic heterocycles. The fourth-order valence-electron chi connectivity index (χ4n) is 1.33. The smallest absolute Gasteiger partial charge is 0.142 e. The Kier molecular flexibility index (Phi) is 1.65. The second kappa shape index (κ2) is 2.69. The monoisotopic (exact) mass is 176 g/mol. The van der Waals surface area contributed by atoms with E-state index >= 15 is 0 Å². The van der Waals surface area contributed by atoms with Gasteiger partial charge in [0.1, 0.15) is 5.82 Å². The molecule has 0 saturated heterocycles. The molecule has 13 heavy (non-hydrogen) atoms. The molecule has 0 spiro atoms. The zero-order valence-electron chi connectivity index (χ0n) is 7.21. The van der Waals surface area contributed by atoms with Crippen molar-refractivity contribution in [1.29, 1.82) is 0 Å². The zero-order valence-corrected chi connectivity index (χ0v) is 7.21. The number of rotatable bonds is 0. The van der Waals surface area contributed by atoms with Crippen LogP contribution >= 0.6 is 0 Å². The average Bonchev–Trinajstić information content (AvgIpc) is 2.12. The highest BCUT2D eigenvalue weighted by Gasteiger charge is 2.02. The van der Waals surface area contributed by atoms with Crippen LogP contribution in [0.1, 0.15) is 5.56 Å². The van der Waals surface area contributed by atoms with Crippen LogP contribution in [0.25, 0.3) is 10.9 Å². The minimum Gasteiger partial charge on any atom is -0.398 e. The highest BCUT2D eigenvalue weighted by atomic mass is 19.1. The predicted octanol–water partition coefficient (Wildman–Crippen LogP) is 2.26. The van der Waals surface area contributed by atoms with Crippen molar-refractivity contribution in [2.75, 3.05) is 5.73 Å². The van der Waals surface area contributed by atoms with Crippen molar-refractivity contribution in [2.24, 2.45) is 0 Å². The molecule has 0 amide bonds. The van der Waals surface area contributed by atoms with Gasteiger partial charge in [0.25, 0.3) is 0 Å². The second-order valence-electron chi connectivity index (χ2n) is 3.00. The molecule has 2 rings (SSSR count). The minimum absolute atomic E-state index is 0.332. The standard InChI is InChI=1S/C10H9FN2/c1-6-8-4-7(11)5-13-10(8)3-2-9(6)12/h2-5H,12H2,1H3. The minimum atomic E-state index is -0.332. The van der Waals surface area contributed by atoms with Gasteiger partial charge in [-0.2, -0.15) is 0 Å². The maximum atomic E-state index is 12.8. The van der Waals surface area contributed by atoms with Gasteiger partial charge in [0.05, 0.1) is 11.7 Å². The van der Waals surface area contributed by atoms with Gasteiger partial charge >= 0.3 is 0 Å². The summed E-state index contributed by atoms with van der Waals surface area (Å²) in [6, 6.07) is 5.02. The van der Waals surface area contributed by atoms with Gasteiger partial charge in [-0.1, -0.05) is 0 Å². The SMILES string of the molecule is Cc1c(N)ccc2ncc(F)cc12. The number of hydrogen-bond donors (Lipinski definition) is 1. The van der Waals surface area contributed by atoms with E-state index in [9.17, 15) is 4.39 Å². The van der Waals surface area contributed by atoms with Crippen LogP contribution in [-0.4, -0.2) is 4.98 Å². The van der Waals surface area contributed by atoms with Crippen LogP contribution in [0.15, 0.2) is 24.4 Å². The molecular formula is C10H9FN2. The second-order valence-corrected chi connectivity index (χ2v) is 3.00. The molecule has 0 radical (unpaired) electrons. The van der Waals surface area contributed by atoms with Crippen LogP contribution in [0.4, 0.5) is 10.1 Å². The lowest BCUT2D eigenvalue weighted by molar-refractivity contribution is 0.624. The first-order chi connectivity index (χ1) is 6.18. The Balaban J connectivity index is 2.89. The predicted molar refractivity (Wildman–Crippen MR) is 50.9 cm³/mol. The first-order valence-electron chi connectivity index (χ1n) is 3.99. The summed E-state index contributed by atoms with van der Waals surface area (Å²) in [7, 11) is 0. The molecule has 0 saturated carbocycles. The van der Waals surface area contributed by atoms with Crippen LogP contribution in [0, 0.1) is 12.7 Å². The lowest BCUT2D eigenvalue weighted by Crippen LogP contribution is -1.92. The van der Waals surface area contributed by atoms with Gasteiger partial charge in [0.2, 0.25) is 0 Å². The lowest BCUT2D eigenvalue weighted by Gasteiger charge is -2.03. The Morgan fingerprint density at radius 3 is 2.92 bits per heavy atom. The van der Waals surface area contributed by atoms with Crippen LogP contribution < -0.4 is 5.73 Å². The van der Waals surface area contributed by atoms with Gasteiger partial charge in [-0.15, -0.1) is 0 Å². The quantitative estimate of drug-likeness (QED) is 0.625. The van der Waals surface area contributed by atoms with Crippen molar-refractivity contribution in [3.8, 4) is 0 Å². The maximum absolute atomic E-state index is 12.8. The molecule has 0 atom stereocenters. The highest BCUT2D eigenvalue weighted by molar-refractivity contribution is 5.86. The molecule has 1 heterocycles. The Hall–Kier alpha value is -1.64. The molecule has 0 fully saturated rings. The number of hydrogen-bond acceptors (Lipinski definition) is 2. The molecule has 3 heteroatoms. The summed E-state index contributed by atoms with van der Waals surface area (Å²) in [6.07, 6.45) is 1.21. The van der Waals surface area contributed by atoms with Crippen molar-refractivity contribution in [3.63, 3.8) is 0 Å². The summed E-state index contributed by atoms with van der Waals surface area (Å²) in [6.45, 7) is 1.86. The van der Waals surface area contributed by atoms with Crippen molar-refractivity contribution in [2.45, 2.75) is 6.92 Å². The number of anilines is 1. The molecule has 0 bridgehead atoms. The molecule has 0 aliphatic carbocycles. The largest absolute Gasteiger partial charge is 0.398 e. The van der Waals surface area contributed by atoms with E-state index in [0.29, 0.717) is 5.69 Å². The first kappa shape index (κ1) is 7.98. The Morgan fingerprint density at radius 1 is 1.38 bits per heavy atom. The Labute approximate surface area is 75.2 Å². The number of halogens is 1. The molecule has 0 aliphatic heterocycles. The molecule has 0 aliphatic rings.